The van der Waals surface area contributed by atoms with Gasteiger partial charge in [-0.05, 0) is 18.6 Å². The number of amidine groups is 2. The van der Waals surface area contributed by atoms with E-state index in [0.29, 0.717) is 18.2 Å². The van der Waals surface area contributed by atoms with Gasteiger partial charge in [-0.25, -0.2) is 0 Å². The lowest BCUT2D eigenvalue weighted by Crippen LogP contribution is -2.29. The van der Waals surface area contributed by atoms with Gasteiger partial charge >= 0.3 is 0 Å². The number of hydrogen-bond acceptors (Lipinski definition) is 2. The monoisotopic (exact) mass is 199 g/mol. The standard InChI is InChI=1S/C12H13N3/c1-2-15-11(13)8-10(12(15)14)9-6-4-3-5-7-9/h3-8,13-14H,2H2,1H3. The van der Waals surface area contributed by atoms with Crippen LogP contribution in [0.1, 0.15) is 12.5 Å². The summed E-state index contributed by atoms with van der Waals surface area (Å²) in [5.74, 6) is 0.829. The van der Waals surface area contributed by atoms with E-state index in [1.54, 1.807) is 11.0 Å². The fraction of sp³-hybridized carbons (Fsp3) is 0.167. The molecule has 1 aromatic rings. The third kappa shape index (κ3) is 1.56. The molecule has 15 heavy (non-hydrogen) atoms. The Morgan fingerprint density at radius 2 is 1.80 bits per heavy atom. The van der Waals surface area contributed by atoms with Crippen molar-refractivity contribution >= 4 is 17.2 Å². The maximum absolute atomic E-state index is 7.95. The normalized spacial score (nSPS) is 15.8. The van der Waals surface area contributed by atoms with Crippen molar-refractivity contribution in [1.82, 2.24) is 4.90 Å². The summed E-state index contributed by atoms with van der Waals surface area (Å²) in [5.41, 5.74) is 1.84. The average Bonchev–Trinajstić information content (AvgIpc) is 2.55. The van der Waals surface area contributed by atoms with Crippen LogP contribution in [0.5, 0.6) is 0 Å². The molecular formula is C12H13N3. The smallest absolute Gasteiger partial charge is 0.134 e. The van der Waals surface area contributed by atoms with Gasteiger partial charge in [-0.15, -0.1) is 0 Å². The third-order valence-corrected chi connectivity index (χ3v) is 2.50. The van der Waals surface area contributed by atoms with E-state index in [-0.39, 0.29) is 0 Å². The first-order chi connectivity index (χ1) is 7.24. The molecule has 0 fully saturated rings. The zero-order valence-electron chi connectivity index (χ0n) is 8.62. The Morgan fingerprint density at radius 1 is 1.13 bits per heavy atom. The summed E-state index contributed by atoms with van der Waals surface area (Å²) in [5, 5.41) is 15.7. The van der Waals surface area contributed by atoms with Gasteiger partial charge in [-0.2, -0.15) is 0 Å². The molecule has 0 bridgehead atoms. The van der Waals surface area contributed by atoms with Gasteiger partial charge in [0.15, 0.2) is 0 Å². The van der Waals surface area contributed by atoms with E-state index in [1.807, 2.05) is 37.3 Å². The number of rotatable bonds is 2. The Kier molecular flexibility index (Phi) is 2.37. The summed E-state index contributed by atoms with van der Waals surface area (Å²) in [6, 6.07) is 9.77. The Morgan fingerprint density at radius 3 is 2.33 bits per heavy atom. The summed E-state index contributed by atoms with van der Waals surface area (Å²) >= 11 is 0. The van der Waals surface area contributed by atoms with Gasteiger partial charge in [0.05, 0.1) is 0 Å². The van der Waals surface area contributed by atoms with Crippen LogP contribution in [-0.2, 0) is 0 Å². The third-order valence-electron chi connectivity index (χ3n) is 2.50. The highest BCUT2D eigenvalue weighted by Gasteiger charge is 2.24. The maximum Gasteiger partial charge on any atom is 0.134 e. The topological polar surface area (TPSA) is 50.9 Å². The van der Waals surface area contributed by atoms with Gasteiger partial charge < -0.3 is 4.90 Å². The Bertz CT molecular complexity index is 431. The lowest BCUT2D eigenvalue weighted by molar-refractivity contribution is 0.651. The molecule has 0 aliphatic carbocycles. The van der Waals surface area contributed by atoms with E-state index < -0.39 is 0 Å². The molecule has 0 amide bonds. The average molecular weight is 199 g/mol. The zero-order chi connectivity index (χ0) is 10.8. The lowest BCUT2D eigenvalue weighted by Gasteiger charge is -2.16. The van der Waals surface area contributed by atoms with E-state index in [9.17, 15) is 0 Å². The summed E-state index contributed by atoms with van der Waals surface area (Å²) in [6.45, 7) is 2.62. The van der Waals surface area contributed by atoms with E-state index in [0.717, 1.165) is 11.1 Å². The summed E-state index contributed by atoms with van der Waals surface area (Å²) in [7, 11) is 0. The quantitative estimate of drug-likeness (QED) is 0.754. The summed E-state index contributed by atoms with van der Waals surface area (Å²) < 4.78 is 0. The molecule has 3 heteroatoms. The second kappa shape index (κ2) is 3.69. The predicted molar refractivity (Wildman–Crippen MR) is 62.3 cm³/mol. The first-order valence-corrected chi connectivity index (χ1v) is 4.96. The highest BCUT2D eigenvalue weighted by molar-refractivity contribution is 6.35. The largest absolute Gasteiger partial charge is 0.312 e. The van der Waals surface area contributed by atoms with Crippen LogP contribution in [0.25, 0.3) is 5.57 Å². The molecule has 0 aromatic heterocycles. The number of likely N-dealkylation sites (N-methyl/N-ethyl adjacent to an activating group) is 1. The Labute approximate surface area is 89.1 Å². The molecule has 0 radical (unpaired) electrons. The SMILES string of the molecule is CCN1C(=N)C=C(c2ccccc2)C1=N. The van der Waals surface area contributed by atoms with Gasteiger partial charge in [0.1, 0.15) is 11.7 Å². The van der Waals surface area contributed by atoms with Crippen molar-refractivity contribution in [2.45, 2.75) is 6.92 Å². The van der Waals surface area contributed by atoms with E-state index in [2.05, 4.69) is 0 Å². The molecule has 2 rings (SSSR count). The van der Waals surface area contributed by atoms with Crippen LogP contribution in [0.15, 0.2) is 36.4 Å². The van der Waals surface area contributed by atoms with Crippen molar-refractivity contribution < 1.29 is 0 Å². The molecule has 2 N–H and O–H groups in total. The first kappa shape index (κ1) is 9.65. The highest BCUT2D eigenvalue weighted by Crippen LogP contribution is 2.23. The lowest BCUT2D eigenvalue weighted by atomic mass is 10.1. The minimum absolute atomic E-state index is 0.404. The maximum atomic E-state index is 7.95. The van der Waals surface area contributed by atoms with E-state index >= 15 is 0 Å². The highest BCUT2D eigenvalue weighted by atomic mass is 15.2. The molecule has 0 unspecified atom stereocenters. The van der Waals surface area contributed by atoms with Crippen LogP contribution in [0.4, 0.5) is 0 Å². The van der Waals surface area contributed by atoms with E-state index in [1.165, 1.54) is 0 Å². The number of nitrogens with one attached hydrogen (secondary N) is 2. The molecule has 0 spiro atoms. The fourth-order valence-corrected chi connectivity index (χ4v) is 1.72. The summed E-state index contributed by atoms with van der Waals surface area (Å²) in [6.07, 6.45) is 1.75. The van der Waals surface area contributed by atoms with Crippen LogP contribution in [0.3, 0.4) is 0 Å². The molecule has 76 valence electrons. The molecular weight excluding hydrogens is 186 g/mol. The minimum atomic E-state index is 0.404. The van der Waals surface area contributed by atoms with Gasteiger partial charge in [0.2, 0.25) is 0 Å². The fourth-order valence-electron chi connectivity index (χ4n) is 1.72. The van der Waals surface area contributed by atoms with Crippen molar-refractivity contribution in [2.24, 2.45) is 0 Å². The van der Waals surface area contributed by atoms with Crippen molar-refractivity contribution in [3.63, 3.8) is 0 Å². The summed E-state index contributed by atoms with van der Waals surface area (Å²) in [4.78, 5) is 1.68. The predicted octanol–water partition coefficient (Wildman–Crippen LogP) is 2.36. The molecule has 1 aromatic carbocycles. The van der Waals surface area contributed by atoms with Crippen molar-refractivity contribution in [2.75, 3.05) is 6.54 Å². The van der Waals surface area contributed by atoms with Crippen molar-refractivity contribution in [3.05, 3.63) is 42.0 Å². The van der Waals surface area contributed by atoms with Crippen LogP contribution < -0.4 is 0 Å². The number of benzene rings is 1. The van der Waals surface area contributed by atoms with Gasteiger partial charge in [-0.3, -0.25) is 10.8 Å². The molecule has 0 saturated carbocycles. The Hall–Kier alpha value is -1.90. The number of nitrogens with zero attached hydrogens (tertiary/aromatic N) is 1. The van der Waals surface area contributed by atoms with Crippen molar-refractivity contribution in [3.8, 4) is 0 Å². The second-order valence-electron chi connectivity index (χ2n) is 3.40. The van der Waals surface area contributed by atoms with Gasteiger partial charge in [0, 0.05) is 12.1 Å². The Balaban J connectivity index is 2.38. The molecule has 0 saturated heterocycles. The molecule has 3 nitrogen and oxygen atoms in total. The van der Waals surface area contributed by atoms with Gasteiger partial charge in [-0.1, -0.05) is 30.3 Å². The minimum Gasteiger partial charge on any atom is -0.312 e. The number of hydrogen-bond donors (Lipinski definition) is 2. The molecule has 1 heterocycles. The van der Waals surface area contributed by atoms with E-state index in [4.69, 9.17) is 10.8 Å². The molecule has 1 aliphatic heterocycles. The first-order valence-electron chi connectivity index (χ1n) is 4.96. The second-order valence-corrected chi connectivity index (χ2v) is 3.40. The van der Waals surface area contributed by atoms with Crippen LogP contribution >= 0.6 is 0 Å². The van der Waals surface area contributed by atoms with Crippen LogP contribution in [0.2, 0.25) is 0 Å². The van der Waals surface area contributed by atoms with Gasteiger partial charge in [0.25, 0.3) is 0 Å². The van der Waals surface area contributed by atoms with Crippen LogP contribution in [0, 0.1) is 10.8 Å². The van der Waals surface area contributed by atoms with Crippen molar-refractivity contribution in [1.29, 1.82) is 10.8 Å². The molecule has 1 aliphatic rings. The van der Waals surface area contributed by atoms with Crippen LogP contribution in [-0.4, -0.2) is 23.1 Å². The molecule has 0 atom stereocenters. The zero-order valence-corrected chi connectivity index (χ0v) is 8.62.